The Morgan fingerprint density at radius 2 is 1.83 bits per heavy atom. The van der Waals surface area contributed by atoms with Crippen LogP contribution in [0.1, 0.15) is 27.6 Å². The van der Waals surface area contributed by atoms with Crippen molar-refractivity contribution in [1.29, 1.82) is 0 Å². The Balaban J connectivity index is 1.44. The Bertz CT molecular complexity index is 1280. The zero-order valence-electron chi connectivity index (χ0n) is 15.6. The molecule has 150 valence electrons. The number of benzene rings is 3. The van der Waals surface area contributed by atoms with E-state index in [0.29, 0.717) is 39.0 Å². The average Bonchev–Trinajstić information content (AvgIpc) is 3.38. The highest BCUT2D eigenvalue weighted by molar-refractivity contribution is 6.31. The second kappa shape index (κ2) is 7.05. The van der Waals surface area contributed by atoms with Gasteiger partial charge < -0.3 is 25.3 Å². The number of nitrogens with two attached hydrogens (primary N) is 1. The number of nitrogens with zero attached hydrogens (tertiary/aromatic N) is 1. The molecule has 1 aliphatic rings. The maximum absolute atomic E-state index is 11.4. The summed E-state index contributed by atoms with van der Waals surface area (Å²) in [6.45, 7) is 0.137. The molecule has 0 saturated heterocycles. The van der Waals surface area contributed by atoms with Crippen molar-refractivity contribution >= 4 is 28.5 Å². The van der Waals surface area contributed by atoms with E-state index in [2.05, 4.69) is 9.97 Å². The number of ether oxygens (including phenoxy) is 2. The molecule has 0 radical (unpaired) electrons. The van der Waals surface area contributed by atoms with Gasteiger partial charge in [-0.3, -0.25) is 4.79 Å². The van der Waals surface area contributed by atoms with Crippen LogP contribution in [-0.4, -0.2) is 27.8 Å². The molecule has 4 N–H and O–H groups in total. The van der Waals surface area contributed by atoms with Crippen LogP contribution in [0.25, 0.3) is 22.4 Å². The molecule has 4 aromatic rings. The van der Waals surface area contributed by atoms with Gasteiger partial charge in [-0.05, 0) is 29.8 Å². The summed E-state index contributed by atoms with van der Waals surface area (Å²) in [5, 5.41) is 11.2. The third kappa shape index (κ3) is 3.14. The molecule has 1 atom stereocenters. The fraction of sp³-hybridized carbons (Fsp3) is 0.0909. The van der Waals surface area contributed by atoms with E-state index in [1.165, 1.54) is 0 Å². The van der Waals surface area contributed by atoms with Crippen LogP contribution < -0.4 is 15.2 Å². The highest BCUT2D eigenvalue weighted by atomic mass is 35.5. The van der Waals surface area contributed by atoms with Crippen LogP contribution in [0.3, 0.4) is 0 Å². The summed E-state index contributed by atoms with van der Waals surface area (Å²) in [6.07, 6.45) is -0.921. The number of nitrogens with one attached hydrogen (secondary N) is 1. The molecule has 7 nitrogen and oxygen atoms in total. The van der Waals surface area contributed by atoms with Crippen LogP contribution in [0.4, 0.5) is 0 Å². The Hall–Kier alpha value is -3.55. The molecular formula is C22H16ClN3O4. The minimum Gasteiger partial charge on any atom is -0.454 e. The number of hydrogen-bond acceptors (Lipinski definition) is 5. The molecule has 30 heavy (non-hydrogen) atoms. The molecule has 5 rings (SSSR count). The lowest BCUT2D eigenvalue weighted by atomic mass is 9.99. The van der Waals surface area contributed by atoms with Crippen LogP contribution in [0, 0.1) is 0 Å². The van der Waals surface area contributed by atoms with Gasteiger partial charge in [-0.25, -0.2) is 4.98 Å². The second-order valence-electron chi connectivity index (χ2n) is 6.93. The number of amides is 1. The van der Waals surface area contributed by atoms with Gasteiger partial charge in [0, 0.05) is 22.8 Å². The SMILES string of the molecule is NC(=O)c1ccc2nc(-c3ccc(C(O)c4cc5c(cc4Cl)OCO5)cc3)[nH]c2c1. The average molecular weight is 422 g/mol. The fourth-order valence-electron chi connectivity index (χ4n) is 3.44. The largest absolute Gasteiger partial charge is 0.454 e. The van der Waals surface area contributed by atoms with Gasteiger partial charge in [-0.2, -0.15) is 0 Å². The number of primary amides is 1. The normalized spacial score (nSPS) is 13.5. The van der Waals surface area contributed by atoms with E-state index >= 15 is 0 Å². The number of aromatic amines is 1. The minimum absolute atomic E-state index is 0.137. The number of carbonyl (C=O) groups excluding carboxylic acids is 1. The van der Waals surface area contributed by atoms with Gasteiger partial charge in [0.1, 0.15) is 11.9 Å². The van der Waals surface area contributed by atoms with Crippen molar-refractivity contribution in [3.8, 4) is 22.9 Å². The Morgan fingerprint density at radius 3 is 2.57 bits per heavy atom. The van der Waals surface area contributed by atoms with Crippen molar-refractivity contribution in [2.45, 2.75) is 6.10 Å². The molecule has 0 fully saturated rings. The number of aromatic nitrogens is 2. The zero-order chi connectivity index (χ0) is 20.8. The number of hydrogen-bond donors (Lipinski definition) is 3. The summed E-state index contributed by atoms with van der Waals surface area (Å²) in [4.78, 5) is 19.1. The first-order chi connectivity index (χ1) is 14.5. The molecule has 0 spiro atoms. The third-order valence-corrected chi connectivity index (χ3v) is 5.38. The summed E-state index contributed by atoms with van der Waals surface area (Å²) < 4.78 is 10.7. The molecule has 1 aromatic heterocycles. The highest BCUT2D eigenvalue weighted by Crippen LogP contribution is 2.40. The minimum atomic E-state index is -0.921. The van der Waals surface area contributed by atoms with Crippen LogP contribution >= 0.6 is 11.6 Å². The van der Waals surface area contributed by atoms with E-state index < -0.39 is 12.0 Å². The Labute approximate surface area is 176 Å². The first-order valence-corrected chi connectivity index (χ1v) is 9.54. The van der Waals surface area contributed by atoms with Gasteiger partial charge in [-0.15, -0.1) is 0 Å². The maximum atomic E-state index is 11.4. The smallest absolute Gasteiger partial charge is 0.248 e. The Morgan fingerprint density at radius 1 is 1.10 bits per heavy atom. The lowest BCUT2D eigenvalue weighted by Gasteiger charge is -2.14. The molecule has 1 amide bonds. The lowest BCUT2D eigenvalue weighted by molar-refractivity contribution is 0.100. The van der Waals surface area contributed by atoms with Crippen molar-refractivity contribution in [2.75, 3.05) is 6.79 Å². The molecule has 8 heteroatoms. The molecule has 1 aliphatic heterocycles. The standard InChI is InChI=1S/C22H16ClN3O4/c23-15-9-19-18(29-10-30-19)8-14(15)20(27)11-1-3-12(4-2-11)22-25-16-6-5-13(21(24)28)7-17(16)26-22/h1-9,20,27H,10H2,(H2,24,28)(H,25,26). The first-order valence-electron chi connectivity index (χ1n) is 9.16. The summed E-state index contributed by atoms with van der Waals surface area (Å²) in [5.41, 5.74) is 9.24. The second-order valence-corrected chi connectivity index (χ2v) is 7.34. The number of rotatable bonds is 4. The van der Waals surface area contributed by atoms with Gasteiger partial charge in [0.2, 0.25) is 12.7 Å². The number of aliphatic hydroxyl groups excluding tert-OH is 1. The summed E-state index contributed by atoms with van der Waals surface area (Å²) in [7, 11) is 0. The highest BCUT2D eigenvalue weighted by Gasteiger charge is 2.21. The topological polar surface area (TPSA) is 110 Å². The van der Waals surface area contributed by atoms with Gasteiger partial charge in [0.05, 0.1) is 16.1 Å². The fourth-order valence-corrected chi connectivity index (χ4v) is 3.70. The third-order valence-electron chi connectivity index (χ3n) is 5.05. The van der Waals surface area contributed by atoms with E-state index in [9.17, 15) is 9.90 Å². The molecule has 2 heterocycles. The molecule has 0 saturated carbocycles. The van der Waals surface area contributed by atoms with Gasteiger partial charge in [0.15, 0.2) is 11.5 Å². The van der Waals surface area contributed by atoms with Gasteiger partial charge >= 0.3 is 0 Å². The first kappa shape index (κ1) is 18.5. The number of carbonyl (C=O) groups is 1. The van der Waals surface area contributed by atoms with Crippen LogP contribution in [0.15, 0.2) is 54.6 Å². The van der Waals surface area contributed by atoms with Crippen molar-refractivity contribution in [3.05, 3.63) is 76.3 Å². The molecule has 1 unspecified atom stereocenters. The zero-order valence-corrected chi connectivity index (χ0v) is 16.3. The monoisotopic (exact) mass is 421 g/mol. The summed E-state index contributed by atoms with van der Waals surface area (Å²) >= 11 is 6.32. The van der Waals surface area contributed by atoms with Crippen molar-refractivity contribution in [1.82, 2.24) is 9.97 Å². The van der Waals surface area contributed by atoms with E-state index in [0.717, 1.165) is 16.6 Å². The lowest BCUT2D eigenvalue weighted by Crippen LogP contribution is -2.10. The van der Waals surface area contributed by atoms with Crippen molar-refractivity contribution in [2.24, 2.45) is 5.73 Å². The van der Waals surface area contributed by atoms with E-state index in [-0.39, 0.29) is 6.79 Å². The maximum Gasteiger partial charge on any atom is 0.248 e. The summed E-state index contributed by atoms with van der Waals surface area (Å²) in [5.74, 6) is 1.28. The van der Waals surface area contributed by atoms with E-state index in [1.807, 2.05) is 24.3 Å². The molecule has 3 aromatic carbocycles. The van der Waals surface area contributed by atoms with Crippen LogP contribution in [0.5, 0.6) is 11.5 Å². The van der Waals surface area contributed by atoms with E-state index in [1.54, 1.807) is 30.3 Å². The number of halogens is 1. The number of imidazole rings is 1. The van der Waals surface area contributed by atoms with E-state index in [4.69, 9.17) is 26.8 Å². The quantitative estimate of drug-likeness (QED) is 0.464. The molecular weight excluding hydrogens is 406 g/mol. The summed E-state index contributed by atoms with van der Waals surface area (Å²) in [6, 6.07) is 15.7. The number of H-pyrrole nitrogens is 1. The van der Waals surface area contributed by atoms with Gasteiger partial charge in [-0.1, -0.05) is 35.9 Å². The van der Waals surface area contributed by atoms with Crippen molar-refractivity contribution < 1.29 is 19.4 Å². The number of fused-ring (bicyclic) bond motifs is 2. The van der Waals surface area contributed by atoms with Crippen LogP contribution in [0.2, 0.25) is 5.02 Å². The van der Waals surface area contributed by atoms with Gasteiger partial charge in [0.25, 0.3) is 0 Å². The number of aliphatic hydroxyl groups is 1. The Kier molecular flexibility index (Phi) is 4.34. The predicted molar refractivity (Wildman–Crippen MR) is 112 cm³/mol. The van der Waals surface area contributed by atoms with Crippen LogP contribution in [-0.2, 0) is 0 Å². The molecule has 0 aliphatic carbocycles. The molecule has 0 bridgehead atoms. The van der Waals surface area contributed by atoms with Crippen molar-refractivity contribution in [3.63, 3.8) is 0 Å². The predicted octanol–water partition coefficient (Wildman–Crippen LogP) is 3.79.